The van der Waals surface area contributed by atoms with Crippen LogP contribution < -0.4 is 5.73 Å². The first kappa shape index (κ1) is 18.1. The molecule has 0 aliphatic heterocycles. The highest BCUT2D eigenvalue weighted by Crippen LogP contribution is 2.21. The summed E-state index contributed by atoms with van der Waals surface area (Å²) < 4.78 is 0. The van der Waals surface area contributed by atoms with E-state index >= 15 is 0 Å². The fraction of sp³-hybridized carbons (Fsp3) is 0.167. The van der Waals surface area contributed by atoms with Crippen molar-refractivity contribution in [1.29, 1.82) is 0 Å². The zero-order valence-corrected chi connectivity index (χ0v) is 14.2. The Morgan fingerprint density at radius 2 is 1.81 bits per heavy atom. The minimum atomic E-state index is -1.08. The van der Waals surface area contributed by atoms with Gasteiger partial charge >= 0.3 is 0 Å². The van der Waals surface area contributed by atoms with Crippen LogP contribution in [-0.2, 0) is 16.0 Å². The number of nitrogens with zero attached hydrogens (tertiary/aromatic N) is 4. The minimum absolute atomic E-state index is 0.0608. The van der Waals surface area contributed by atoms with Gasteiger partial charge in [0.2, 0.25) is 5.78 Å². The summed E-state index contributed by atoms with van der Waals surface area (Å²) in [4.78, 5) is 44.4. The molecule has 3 aromatic rings. The third-order valence-corrected chi connectivity index (χ3v) is 4.00. The summed E-state index contributed by atoms with van der Waals surface area (Å²) >= 11 is 0. The third kappa shape index (κ3) is 4.27. The predicted octanol–water partition coefficient (Wildman–Crippen LogP) is 0.748. The standard InChI is InChI=1S/C18H16N6O3/c19-18(27)17(26)12(9-11-4-7-20-8-5-11)10-14(25)16-15(22-24-23-16)13-3-1-2-6-21-13/h1-8,12H,9-10H2,(H2,19,27)(H,22,23,24). The van der Waals surface area contributed by atoms with Gasteiger partial charge in [-0.2, -0.15) is 15.4 Å². The molecule has 0 aromatic carbocycles. The summed E-state index contributed by atoms with van der Waals surface area (Å²) in [5, 5.41) is 10.3. The van der Waals surface area contributed by atoms with Crippen LogP contribution in [0.25, 0.3) is 11.4 Å². The number of primary amides is 1. The van der Waals surface area contributed by atoms with Crippen molar-refractivity contribution in [2.75, 3.05) is 0 Å². The zero-order valence-electron chi connectivity index (χ0n) is 14.2. The molecule has 0 fully saturated rings. The number of nitrogens with one attached hydrogen (secondary N) is 1. The lowest BCUT2D eigenvalue weighted by Gasteiger charge is -2.13. The molecular formula is C18H16N6O3. The number of amides is 1. The van der Waals surface area contributed by atoms with Crippen molar-refractivity contribution >= 4 is 17.5 Å². The molecule has 0 aliphatic rings. The van der Waals surface area contributed by atoms with Gasteiger partial charge in [0.1, 0.15) is 5.69 Å². The van der Waals surface area contributed by atoms with Crippen LogP contribution >= 0.6 is 0 Å². The van der Waals surface area contributed by atoms with E-state index in [1.165, 1.54) is 0 Å². The number of ketones is 2. The number of aromatic nitrogens is 5. The lowest BCUT2D eigenvalue weighted by molar-refractivity contribution is -0.138. The maximum Gasteiger partial charge on any atom is 0.285 e. The number of Topliss-reactive ketones (excluding diaryl/α,β-unsaturated/α-hetero) is 2. The molecule has 27 heavy (non-hydrogen) atoms. The molecule has 1 atom stereocenters. The van der Waals surface area contributed by atoms with E-state index in [1.807, 2.05) is 0 Å². The third-order valence-electron chi connectivity index (χ3n) is 4.00. The van der Waals surface area contributed by atoms with Crippen molar-refractivity contribution in [3.8, 4) is 11.4 Å². The predicted molar refractivity (Wildman–Crippen MR) is 94.2 cm³/mol. The van der Waals surface area contributed by atoms with Gasteiger partial charge in [-0.1, -0.05) is 6.07 Å². The van der Waals surface area contributed by atoms with Gasteiger partial charge in [0.05, 0.1) is 5.69 Å². The van der Waals surface area contributed by atoms with Crippen LogP contribution in [0.5, 0.6) is 0 Å². The maximum atomic E-state index is 12.8. The highest BCUT2D eigenvalue weighted by molar-refractivity contribution is 6.36. The molecule has 3 N–H and O–H groups in total. The fourth-order valence-electron chi connectivity index (χ4n) is 2.69. The molecule has 1 unspecified atom stereocenters. The van der Waals surface area contributed by atoms with Crippen molar-refractivity contribution in [3.63, 3.8) is 0 Å². The van der Waals surface area contributed by atoms with Crippen molar-refractivity contribution in [3.05, 3.63) is 60.2 Å². The Kier molecular flexibility index (Phi) is 5.41. The highest BCUT2D eigenvalue weighted by Gasteiger charge is 2.29. The van der Waals surface area contributed by atoms with Crippen LogP contribution in [-0.4, -0.2) is 42.9 Å². The van der Waals surface area contributed by atoms with Crippen LogP contribution in [0.2, 0.25) is 0 Å². The molecule has 3 rings (SSSR count). The number of carbonyl (C=O) groups excluding carboxylic acids is 3. The van der Waals surface area contributed by atoms with Gasteiger partial charge in [0.15, 0.2) is 11.5 Å². The molecule has 0 bridgehead atoms. The van der Waals surface area contributed by atoms with Crippen LogP contribution in [0.3, 0.4) is 0 Å². The molecule has 0 aliphatic carbocycles. The number of rotatable bonds is 8. The number of hydrogen-bond acceptors (Lipinski definition) is 7. The van der Waals surface area contributed by atoms with Crippen molar-refractivity contribution in [1.82, 2.24) is 25.4 Å². The van der Waals surface area contributed by atoms with Gasteiger partial charge in [-0.05, 0) is 36.2 Å². The summed E-state index contributed by atoms with van der Waals surface area (Å²) in [7, 11) is 0. The molecule has 9 heteroatoms. The van der Waals surface area contributed by atoms with Crippen molar-refractivity contribution in [2.24, 2.45) is 11.7 Å². The van der Waals surface area contributed by atoms with Gasteiger partial charge in [-0.25, -0.2) is 0 Å². The van der Waals surface area contributed by atoms with E-state index in [9.17, 15) is 14.4 Å². The summed E-state index contributed by atoms with van der Waals surface area (Å²) in [6.07, 6.45) is 4.67. The number of H-pyrrole nitrogens is 1. The molecule has 1 amide bonds. The quantitative estimate of drug-likeness (QED) is 0.443. The largest absolute Gasteiger partial charge is 0.363 e. The number of nitrogens with two attached hydrogens (primary N) is 1. The van der Waals surface area contributed by atoms with Crippen molar-refractivity contribution < 1.29 is 14.4 Å². The molecule has 0 saturated heterocycles. The van der Waals surface area contributed by atoms with Gasteiger partial charge in [0, 0.05) is 30.9 Å². The number of aromatic amines is 1. The molecule has 0 radical (unpaired) electrons. The summed E-state index contributed by atoms with van der Waals surface area (Å²) in [6.45, 7) is 0. The Labute approximate surface area is 154 Å². The Hall–Kier alpha value is -3.75. The summed E-state index contributed by atoms with van der Waals surface area (Å²) in [5.74, 6) is -3.21. The second-order valence-corrected chi connectivity index (χ2v) is 5.85. The smallest absolute Gasteiger partial charge is 0.285 e. The van der Waals surface area contributed by atoms with Crippen LogP contribution in [0, 0.1) is 5.92 Å². The average Bonchev–Trinajstić information content (AvgIpc) is 3.18. The molecule has 136 valence electrons. The van der Waals surface area contributed by atoms with Crippen molar-refractivity contribution in [2.45, 2.75) is 12.8 Å². The number of pyridine rings is 2. The Balaban J connectivity index is 1.84. The molecule has 0 saturated carbocycles. The number of carbonyl (C=O) groups is 3. The van der Waals surface area contributed by atoms with E-state index in [0.29, 0.717) is 5.69 Å². The monoisotopic (exact) mass is 364 g/mol. The lowest BCUT2D eigenvalue weighted by Crippen LogP contribution is -2.32. The first-order valence-corrected chi connectivity index (χ1v) is 8.14. The Bertz CT molecular complexity index is 955. The van der Waals surface area contributed by atoms with E-state index in [-0.39, 0.29) is 24.2 Å². The highest BCUT2D eigenvalue weighted by atomic mass is 16.2. The van der Waals surface area contributed by atoms with Crippen LogP contribution in [0.1, 0.15) is 22.5 Å². The number of hydrogen-bond donors (Lipinski definition) is 2. The van der Waals surface area contributed by atoms with E-state index in [0.717, 1.165) is 5.56 Å². The first-order chi connectivity index (χ1) is 13.1. The SMILES string of the molecule is NC(=O)C(=O)C(CC(=O)c1n[nH]nc1-c1ccccn1)Cc1ccncc1. The average molecular weight is 364 g/mol. The van der Waals surface area contributed by atoms with E-state index in [4.69, 9.17) is 5.73 Å². The first-order valence-electron chi connectivity index (χ1n) is 8.14. The molecule has 3 aromatic heterocycles. The summed E-state index contributed by atoms with van der Waals surface area (Å²) in [6, 6.07) is 8.61. The van der Waals surface area contributed by atoms with Crippen LogP contribution in [0.4, 0.5) is 0 Å². The van der Waals surface area contributed by atoms with Gasteiger partial charge in [-0.3, -0.25) is 24.4 Å². The Morgan fingerprint density at radius 1 is 1.04 bits per heavy atom. The fourth-order valence-corrected chi connectivity index (χ4v) is 2.69. The molecule has 3 heterocycles. The minimum Gasteiger partial charge on any atom is -0.363 e. The molecule has 9 nitrogen and oxygen atoms in total. The van der Waals surface area contributed by atoms with Crippen LogP contribution in [0.15, 0.2) is 48.9 Å². The normalized spacial score (nSPS) is 11.7. The Morgan fingerprint density at radius 3 is 2.48 bits per heavy atom. The van der Waals surface area contributed by atoms with Gasteiger partial charge in [0.25, 0.3) is 5.91 Å². The van der Waals surface area contributed by atoms with E-state index < -0.39 is 23.4 Å². The topological polar surface area (TPSA) is 145 Å². The second kappa shape index (κ2) is 8.09. The van der Waals surface area contributed by atoms with Gasteiger partial charge < -0.3 is 5.73 Å². The maximum absolute atomic E-state index is 12.8. The zero-order chi connectivity index (χ0) is 19.2. The second-order valence-electron chi connectivity index (χ2n) is 5.85. The van der Waals surface area contributed by atoms with E-state index in [1.54, 1.807) is 48.9 Å². The van der Waals surface area contributed by atoms with E-state index in [2.05, 4.69) is 25.4 Å². The molecular weight excluding hydrogens is 348 g/mol. The molecule has 0 spiro atoms. The summed E-state index contributed by atoms with van der Waals surface area (Å²) in [5.41, 5.74) is 6.74. The lowest BCUT2D eigenvalue weighted by atomic mass is 9.89. The van der Waals surface area contributed by atoms with Gasteiger partial charge in [-0.15, -0.1) is 0 Å².